The molecule has 0 amide bonds. The molecule has 0 aromatic heterocycles. The molecular weight excluding hydrogens is 308 g/mol. The van der Waals surface area contributed by atoms with Crippen LogP contribution >= 0.6 is 12.6 Å². The first kappa shape index (κ1) is 18.6. The monoisotopic (exact) mass is 336 g/mol. The van der Waals surface area contributed by atoms with Crippen molar-refractivity contribution < 1.29 is 0 Å². The number of allylic oxidation sites excluding steroid dienone is 2. The summed E-state index contributed by atoms with van der Waals surface area (Å²) in [5, 5.41) is 0. The second-order valence-corrected chi connectivity index (χ2v) is 6.58. The van der Waals surface area contributed by atoms with Crippen molar-refractivity contribution in [3.63, 3.8) is 0 Å². The molecule has 0 N–H and O–H groups in total. The first-order valence-electron chi connectivity index (χ1n) is 8.82. The molecule has 0 aliphatic heterocycles. The Hall–Kier alpha value is -1.73. The number of hydrogen-bond donors (Lipinski definition) is 1. The lowest BCUT2D eigenvalue weighted by Crippen LogP contribution is -1.94. The van der Waals surface area contributed by atoms with Crippen molar-refractivity contribution in [3.8, 4) is 0 Å². The molecule has 0 radical (unpaired) electrons. The van der Waals surface area contributed by atoms with Gasteiger partial charge in [-0.1, -0.05) is 74.9 Å². The van der Waals surface area contributed by atoms with Gasteiger partial charge in [0.2, 0.25) is 0 Å². The summed E-state index contributed by atoms with van der Waals surface area (Å²) in [6.45, 7) is 8.42. The third-order valence-corrected chi connectivity index (χ3v) is 4.78. The Labute approximate surface area is 152 Å². The molecule has 0 saturated carbocycles. The highest BCUT2D eigenvalue weighted by Gasteiger charge is 2.07. The summed E-state index contributed by atoms with van der Waals surface area (Å²) in [6, 6.07) is 15.3. The highest BCUT2D eigenvalue weighted by atomic mass is 32.1. The largest absolute Gasteiger partial charge is 0.175 e. The van der Waals surface area contributed by atoms with Gasteiger partial charge in [-0.2, -0.15) is 12.6 Å². The molecule has 0 spiro atoms. The van der Waals surface area contributed by atoms with Gasteiger partial charge in [-0.25, -0.2) is 0 Å². The third-order valence-electron chi connectivity index (χ3n) is 4.44. The lowest BCUT2D eigenvalue weighted by atomic mass is 9.94. The molecule has 0 atom stereocenters. The van der Waals surface area contributed by atoms with Gasteiger partial charge in [0, 0.05) is 5.75 Å². The predicted octanol–water partition coefficient (Wildman–Crippen LogP) is 6.88. The van der Waals surface area contributed by atoms with E-state index in [2.05, 4.69) is 81.6 Å². The maximum absolute atomic E-state index is 4.55. The van der Waals surface area contributed by atoms with Crippen molar-refractivity contribution in [2.45, 2.75) is 45.3 Å². The van der Waals surface area contributed by atoms with Crippen LogP contribution in [0.2, 0.25) is 0 Å². The summed E-state index contributed by atoms with van der Waals surface area (Å²) in [6.07, 6.45) is 9.14. The van der Waals surface area contributed by atoms with Crippen LogP contribution in [0.3, 0.4) is 0 Å². The zero-order valence-electron chi connectivity index (χ0n) is 14.9. The maximum Gasteiger partial charge on any atom is 0.0160 e. The molecule has 1 heteroatoms. The minimum absolute atomic E-state index is 0.746. The highest BCUT2D eigenvalue weighted by Crippen LogP contribution is 2.26. The van der Waals surface area contributed by atoms with Gasteiger partial charge in [0.25, 0.3) is 0 Å². The molecule has 2 rings (SSSR count). The Balaban J connectivity index is 2.34. The second-order valence-electron chi connectivity index (χ2n) is 6.27. The van der Waals surface area contributed by atoms with Gasteiger partial charge in [-0.05, 0) is 59.2 Å². The van der Waals surface area contributed by atoms with Crippen LogP contribution in [-0.4, -0.2) is 0 Å². The van der Waals surface area contributed by atoms with Crippen molar-refractivity contribution in [2.24, 2.45) is 0 Å². The van der Waals surface area contributed by atoms with Gasteiger partial charge >= 0.3 is 0 Å². The Morgan fingerprint density at radius 3 is 2.58 bits per heavy atom. The molecular formula is C23H28S. The average Bonchev–Trinajstić information content (AvgIpc) is 2.61. The fourth-order valence-corrected chi connectivity index (χ4v) is 3.22. The molecule has 0 unspecified atom stereocenters. The molecule has 0 fully saturated rings. The Morgan fingerprint density at radius 2 is 1.92 bits per heavy atom. The van der Waals surface area contributed by atoms with Crippen LogP contribution in [0.25, 0.3) is 11.6 Å². The van der Waals surface area contributed by atoms with E-state index in [9.17, 15) is 0 Å². The van der Waals surface area contributed by atoms with E-state index in [1.54, 1.807) is 0 Å². The fourth-order valence-electron chi connectivity index (χ4n) is 2.96. The molecule has 0 nitrogen and oxygen atoms in total. The number of aryl methyl sites for hydroxylation is 2. The summed E-state index contributed by atoms with van der Waals surface area (Å²) in [5.41, 5.74) is 7.61. The number of rotatable bonds is 8. The van der Waals surface area contributed by atoms with E-state index >= 15 is 0 Å². The smallest absolute Gasteiger partial charge is 0.0160 e. The van der Waals surface area contributed by atoms with Crippen molar-refractivity contribution in [3.05, 3.63) is 82.9 Å². The quantitative estimate of drug-likeness (QED) is 0.231. The fraction of sp³-hybridized carbons (Fsp3) is 0.304. The zero-order valence-corrected chi connectivity index (χ0v) is 15.8. The number of benzene rings is 2. The second kappa shape index (κ2) is 9.54. The van der Waals surface area contributed by atoms with Crippen LogP contribution in [0.15, 0.2) is 55.1 Å². The molecule has 0 aliphatic carbocycles. The molecule has 2 aromatic rings. The third kappa shape index (κ3) is 4.88. The van der Waals surface area contributed by atoms with Gasteiger partial charge < -0.3 is 0 Å². The molecule has 126 valence electrons. The van der Waals surface area contributed by atoms with E-state index < -0.39 is 0 Å². The molecule has 0 bridgehead atoms. The lowest BCUT2D eigenvalue weighted by Gasteiger charge is -2.12. The topological polar surface area (TPSA) is 0 Å². The molecule has 2 aromatic carbocycles. The summed E-state index contributed by atoms with van der Waals surface area (Å²) in [5.74, 6) is 0.746. The standard InChI is InChI=1S/C23H28S/c1-4-6-7-11-19-13-14-23(22(15-19)17-24)20(5-2)16-21-12-9-8-10-18(21)3/h5,8-10,12-16,24H,2,4,6-7,11,17H2,1,3H3/b20-16+. The Morgan fingerprint density at radius 1 is 1.12 bits per heavy atom. The van der Waals surface area contributed by atoms with E-state index in [4.69, 9.17) is 0 Å². The Kier molecular flexibility index (Phi) is 7.39. The summed E-state index contributed by atoms with van der Waals surface area (Å²) in [4.78, 5) is 0. The maximum atomic E-state index is 4.55. The van der Waals surface area contributed by atoms with Gasteiger partial charge in [0.15, 0.2) is 0 Å². The van der Waals surface area contributed by atoms with E-state index in [1.165, 1.54) is 47.1 Å². The summed E-state index contributed by atoms with van der Waals surface area (Å²) < 4.78 is 0. The molecule has 0 saturated heterocycles. The summed E-state index contributed by atoms with van der Waals surface area (Å²) in [7, 11) is 0. The van der Waals surface area contributed by atoms with E-state index in [0.717, 1.165) is 17.7 Å². The zero-order chi connectivity index (χ0) is 17.4. The van der Waals surface area contributed by atoms with E-state index in [0.29, 0.717) is 0 Å². The average molecular weight is 337 g/mol. The highest BCUT2D eigenvalue weighted by molar-refractivity contribution is 7.79. The number of unbranched alkanes of at least 4 members (excludes halogenated alkanes) is 2. The first-order chi connectivity index (χ1) is 11.7. The number of hydrogen-bond acceptors (Lipinski definition) is 1. The first-order valence-corrected chi connectivity index (χ1v) is 9.45. The van der Waals surface area contributed by atoms with E-state index in [1.807, 2.05) is 6.08 Å². The van der Waals surface area contributed by atoms with Crippen molar-refractivity contribution in [1.82, 2.24) is 0 Å². The van der Waals surface area contributed by atoms with Crippen LogP contribution < -0.4 is 0 Å². The predicted molar refractivity (Wildman–Crippen MR) is 112 cm³/mol. The normalized spacial score (nSPS) is 11.5. The minimum Gasteiger partial charge on any atom is -0.175 e. The van der Waals surface area contributed by atoms with Gasteiger partial charge in [-0.15, -0.1) is 0 Å². The number of thiol groups is 1. The van der Waals surface area contributed by atoms with Crippen LogP contribution in [0.1, 0.15) is 54.0 Å². The van der Waals surface area contributed by atoms with Crippen molar-refractivity contribution in [1.29, 1.82) is 0 Å². The van der Waals surface area contributed by atoms with Crippen LogP contribution in [0, 0.1) is 6.92 Å². The van der Waals surface area contributed by atoms with Crippen LogP contribution in [0.5, 0.6) is 0 Å². The molecule has 0 aliphatic rings. The Bertz CT molecular complexity index is 710. The SMILES string of the molecule is C=C/C(=C\c1ccccc1C)c1ccc(CCCCC)cc1CS. The molecule has 0 heterocycles. The van der Waals surface area contributed by atoms with Crippen LogP contribution in [0.4, 0.5) is 0 Å². The van der Waals surface area contributed by atoms with E-state index in [-0.39, 0.29) is 0 Å². The lowest BCUT2D eigenvalue weighted by molar-refractivity contribution is 0.717. The molecule has 24 heavy (non-hydrogen) atoms. The van der Waals surface area contributed by atoms with Gasteiger partial charge in [0.1, 0.15) is 0 Å². The van der Waals surface area contributed by atoms with Crippen LogP contribution in [-0.2, 0) is 12.2 Å². The van der Waals surface area contributed by atoms with Crippen molar-refractivity contribution in [2.75, 3.05) is 0 Å². The summed E-state index contributed by atoms with van der Waals surface area (Å²) >= 11 is 4.55. The minimum atomic E-state index is 0.746. The van der Waals surface area contributed by atoms with Gasteiger partial charge in [0.05, 0.1) is 0 Å². The van der Waals surface area contributed by atoms with Crippen molar-refractivity contribution >= 4 is 24.3 Å². The van der Waals surface area contributed by atoms with Gasteiger partial charge in [-0.3, -0.25) is 0 Å².